The molecule has 9 heteroatoms. The zero-order valence-corrected chi connectivity index (χ0v) is 18.7. The minimum atomic E-state index is -2.57. The van der Waals surface area contributed by atoms with E-state index in [9.17, 15) is 30.6 Å². The fraction of sp³-hybridized carbons (Fsp3) is 0.500. The Morgan fingerprint density at radius 1 is 1.03 bits per heavy atom. The van der Waals surface area contributed by atoms with Gasteiger partial charge in [-0.1, -0.05) is 23.7 Å². The largest absolute Gasteiger partial charge is 0.507 e. The number of aliphatic hydroxyl groups is 5. The Bertz CT molecular complexity index is 960. The second kappa shape index (κ2) is 9.76. The lowest BCUT2D eigenvalue weighted by molar-refractivity contribution is -0.358. The minimum Gasteiger partial charge on any atom is -0.507 e. The van der Waals surface area contributed by atoms with Gasteiger partial charge in [0.05, 0.1) is 18.3 Å². The summed E-state index contributed by atoms with van der Waals surface area (Å²) < 4.78 is 11.3. The van der Waals surface area contributed by atoms with E-state index in [0.29, 0.717) is 12.0 Å². The smallest absolute Gasteiger partial charge is 0.226 e. The zero-order chi connectivity index (χ0) is 23.8. The van der Waals surface area contributed by atoms with Gasteiger partial charge in [-0.05, 0) is 67.5 Å². The van der Waals surface area contributed by atoms with Gasteiger partial charge in [0.2, 0.25) is 5.79 Å². The number of phenolic OH excluding ortho intramolecular Hbond substituents is 1. The topological polar surface area (TPSA) is 140 Å². The van der Waals surface area contributed by atoms with E-state index in [0.717, 1.165) is 24.2 Å². The van der Waals surface area contributed by atoms with Crippen LogP contribution in [-0.4, -0.2) is 67.8 Å². The van der Waals surface area contributed by atoms with Crippen LogP contribution in [0.5, 0.6) is 11.5 Å². The van der Waals surface area contributed by atoms with E-state index in [2.05, 4.69) is 0 Å². The summed E-state index contributed by atoms with van der Waals surface area (Å²) in [4.78, 5) is 0. The molecule has 5 atom stereocenters. The van der Waals surface area contributed by atoms with Gasteiger partial charge in [-0.15, -0.1) is 0 Å². The molecule has 0 amide bonds. The maximum absolute atomic E-state index is 11.1. The van der Waals surface area contributed by atoms with Crippen LogP contribution in [0.4, 0.5) is 0 Å². The number of aliphatic hydroxyl groups excluding tert-OH is 4. The highest BCUT2D eigenvalue weighted by Gasteiger charge is 2.54. The average molecular weight is 481 g/mol. The zero-order valence-electron chi connectivity index (χ0n) is 18.0. The molecule has 4 rings (SSSR count). The number of phenols is 1. The van der Waals surface area contributed by atoms with E-state index >= 15 is 0 Å². The Labute approximate surface area is 196 Å². The lowest BCUT2D eigenvalue weighted by Gasteiger charge is -2.45. The molecule has 1 saturated heterocycles. The summed E-state index contributed by atoms with van der Waals surface area (Å²) in [6, 6.07) is 10.2. The molecule has 180 valence electrons. The van der Waals surface area contributed by atoms with E-state index in [1.54, 1.807) is 0 Å². The monoisotopic (exact) mass is 480 g/mol. The van der Waals surface area contributed by atoms with E-state index in [-0.39, 0.29) is 16.7 Å². The number of halogens is 1. The van der Waals surface area contributed by atoms with Crippen LogP contribution in [0.1, 0.15) is 42.4 Å². The molecule has 0 spiro atoms. The summed E-state index contributed by atoms with van der Waals surface area (Å²) in [6.45, 7) is -0.719. The first-order valence-corrected chi connectivity index (χ1v) is 11.4. The summed E-state index contributed by atoms with van der Waals surface area (Å²) >= 11 is 6.33. The molecule has 1 aliphatic carbocycles. The van der Waals surface area contributed by atoms with E-state index in [4.69, 9.17) is 21.1 Å². The van der Waals surface area contributed by atoms with Crippen molar-refractivity contribution in [3.05, 3.63) is 58.1 Å². The van der Waals surface area contributed by atoms with Gasteiger partial charge in [-0.2, -0.15) is 0 Å². The fourth-order valence-electron chi connectivity index (χ4n) is 4.51. The summed E-state index contributed by atoms with van der Waals surface area (Å²) in [5, 5.41) is 61.7. The molecule has 0 bridgehead atoms. The molecule has 1 aliphatic heterocycles. The van der Waals surface area contributed by atoms with Crippen LogP contribution in [0.2, 0.25) is 5.02 Å². The van der Waals surface area contributed by atoms with Gasteiger partial charge in [0.1, 0.15) is 35.9 Å². The first kappa shape index (κ1) is 24.2. The highest BCUT2D eigenvalue weighted by atomic mass is 35.5. The van der Waals surface area contributed by atoms with Crippen LogP contribution in [-0.2, 0) is 16.9 Å². The van der Waals surface area contributed by atoms with Crippen molar-refractivity contribution in [2.75, 3.05) is 6.61 Å². The van der Waals surface area contributed by atoms with Gasteiger partial charge in [0, 0.05) is 5.02 Å². The van der Waals surface area contributed by atoms with Crippen LogP contribution in [0.15, 0.2) is 36.4 Å². The summed E-state index contributed by atoms with van der Waals surface area (Å²) in [6.07, 6.45) is -1.70. The molecule has 8 nitrogen and oxygen atoms in total. The fourth-order valence-corrected chi connectivity index (χ4v) is 4.74. The molecule has 2 aliphatic rings. The highest BCUT2D eigenvalue weighted by Crippen LogP contribution is 2.42. The van der Waals surface area contributed by atoms with Gasteiger partial charge < -0.3 is 40.1 Å². The molecule has 2 fully saturated rings. The average Bonchev–Trinajstić information content (AvgIpc) is 3.31. The predicted octanol–water partition coefficient (Wildman–Crippen LogP) is 1.58. The van der Waals surface area contributed by atoms with Crippen molar-refractivity contribution in [1.29, 1.82) is 0 Å². The molecular weight excluding hydrogens is 452 g/mol. The van der Waals surface area contributed by atoms with Crippen LogP contribution in [0.25, 0.3) is 0 Å². The number of hydrogen-bond acceptors (Lipinski definition) is 8. The normalized spacial score (nSPS) is 30.5. The summed E-state index contributed by atoms with van der Waals surface area (Å²) in [7, 11) is 0. The molecule has 33 heavy (non-hydrogen) atoms. The lowest BCUT2D eigenvalue weighted by atomic mass is 9.86. The van der Waals surface area contributed by atoms with E-state index in [1.165, 1.54) is 25.0 Å². The Kier molecular flexibility index (Phi) is 7.16. The summed E-state index contributed by atoms with van der Waals surface area (Å²) in [5.41, 5.74) is 1.19. The molecule has 2 aromatic rings. The first-order valence-electron chi connectivity index (χ1n) is 11.1. The van der Waals surface area contributed by atoms with Gasteiger partial charge in [-0.25, -0.2) is 0 Å². The second-order valence-electron chi connectivity index (χ2n) is 8.77. The van der Waals surface area contributed by atoms with Crippen molar-refractivity contribution < 1.29 is 40.1 Å². The first-order chi connectivity index (χ1) is 15.7. The number of rotatable bonds is 6. The number of hydrogen-bond donors (Lipinski definition) is 6. The third kappa shape index (κ3) is 4.83. The Morgan fingerprint density at radius 2 is 1.70 bits per heavy atom. The standard InChI is InChI=1S/C24H29ClO8/c25-18-11-19(27)17(24(31)23(30)22(29)21(28)20(12-26)33-24)10-14(18)9-13-5-7-16(8-6-13)32-15-3-1-2-4-15/h5-8,10-11,15,20-23,26-31H,1-4,9,12H2/t20-,21-,22+,23-,24+/m1/s1. The van der Waals surface area contributed by atoms with Crippen LogP contribution in [0.3, 0.4) is 0 Å². The molecule has 0 radical (unpaired) electrons. The lowest BCUT2D eigenvalue weighted by Crippen LogP contribution is -2.63. The molecule has 0 aromatic heterocycles. The maximum Gasteiger partial charge on any atom is 0.226 e. The molecular formula is C24H29ClO8. The third-order valence-electron chi connectivity index (χ3n) is 6.44. The van der Waals surface area contributed by atoms with Crippen molar-refractivity contribution in [3.63, 3.8) is 0 Å². The molecule has 1 saturated carbocycles. The van der Waals surface area contributed by atoms with Gasteiger partial charge in [0.15, 0.2) is 0 Å². The SMILES string of the molecule is OC[C@H]1O[C@@](O)(c2cc(Cc3ccc(OC4CCCC4)cc3)c(Cl)cc2O)[C@H](O)[C@@H](O)[C@@H]1O. The number of aromatic hydroxyl groups is 1. The van der Waals surface area contributed by atoms with Crippen LogP contribution >= 0.6 is 11.6 Å². The van der Waals surface area contributed by atoms with Crippen LogP contribution < -0.4 is 4.74 Å². The quantitative estimate of drug-likeness (QED) is 0.366. The van der Waals surface area contributed by atoms with Crippen molar-refractivity contribution in [3.8, 4) is 11.5 Å². The number of ether oxygens (including phenoxy) is 2. The van der Waals surface area contributed by atoms with E-state index in [1.807, 2.05) is 24.3 Å². The molecule has 1 heterocycles. The van der Waals surface area contributed by atoms with Crippen molar-refractivity contribution in [2.45, 2.75) is 68.4 Å². The van der Waals surface area contributed by atoms with Gasteiger partial charge >= 0.3 is 0 Å². The Balaban J connectivity index is 1.58. The Morgan fingerprint density at radius 3 is 2.33 bits per heavy atom. The molecule has 0 unspecified atom stereocenters. The van der Waals surface area contributed by atoms with Gasteiger partial charge in [-0.3, -0.25) is 0 Å². The maximum atomic E-state index is 11.1. The van der Waals surface area contributed by atoms with Crippen molar-refractivity contribution in [1.82, 2.24) is 0 Å². The number of benzene rings is 2. The van der Waals surface area contributed by atoms with Gasteiger partial charge in [0.25, 0.3) is 0 Å². The summed E-state index contributed by atoms with van der Waals surface area (Å²) in [5.74, 6) is -2.25. The predicted molar refractivity (Wildman–Crippen MR) is 119 cm³/mol. The minimum absolute atomic E-state index is 0.232. The van der Waals surface area contributed by atoms with Crippen LogP contribution in [0, 0.1) is 0 Å². The molecule has 6 N–H and O–H groups in total. The molecule has 2 aromatic carbocycles. The van der Waals surface area contributed by atoms with Crippen molar-refractivity contribution >= 4 is 11.6 Å². The Hall–Kier alpha value is -1.91. The third-order valence-corrected chi connectivity index (χ3v) is 6.79. The van der Waals surface area contributed by atoms with Crippen molar-refractivity contribution in [2.24, 2.45) is 0 Å². The highest BCUT2D eigenvalue weighted by molar-refractivity contribution is 6.31. The second-order valence-corrected chi connectivity index (χ2v) is 9.17. The van der Waals surface area contributed by atoms with E-state index < -0.39 is 42.6 Å².